The quantitative estimate of drug-likeness (QED) is 0.561. The molecule has 3 rings (SSSR count). The molecule has 0 saturated heterocycles. The Labute approximate surface area is 142 Å². The Kier molecular flexibility index (Phi) is 4.67. The van der Waals surface area contributed by atoms with Gasteiger partial charge in [0, 0.05) is 10.6 Å². The van der Waals surface area contributed by atoms with Crippen LogP contribution in [-0.2, 0) is 0 Å². The van der Waals surface area contributed by atoms with Crippen LogP contribution in [0.2, 0.25) is 5.02 Å². The van der Waals surface area contributed by atoms with Crippen LogP contribution < -0.4 is 5.43 Å². The molecule has 0 aliphatic rings. The van der Waals surface area contributed by atoms with Crippen molar-refractivity contribution in [3.05, 3.63) is 76.7 Å². The first kappa shape index (κ1) is 15.9. The third-order valence-electron chi connectivity index (χ3n) is 3.21. The normalized spacial score (nSPS) is 10.9. The van der Waals surface area contributed by atoms with Gasteiger partial charge >= 0.3 is 0 Å². The number of halogens is 2. The lowest BCUT2D eigenvalue weighted by molar-refractivity contribution is 0.0950. The number of aromatic nitrogens is 2. The van der Waals surface area contributed by atoms with Crippen LogP contribution >= 0.6 is 11.6 Å². The Morgan fingerprint density at radius 1 is 1.17 bits per heavy atom. The zero-order chi connectivity index (χ0) is 16.9. The average molecular weight is 343 g/mol. The minimum atomic E-state index is -0.430. The van der Waals surface area contributed by atoms with Gasteiger partial charge in [0.1, 0.15) is 11.5 Å². The standard InChI is InChI=1S/C17H12ClFN4O/c18-13-5-3-12(4-6-13)15-9-16(22-21-15)17(24)23-20-10-11-1-7-14(19)8-2-11/h1-10H,(H,21,22)(H,23,24)/b20-10-. The Morgan fingerprint density at radius 3 is 2.58 bits per heavy atom. The van der Waals surface area contributed by atoms with Crippen LogP contribution in [0.1, 0.15) is 16.1 Å². The predicted octanol–water partition coefficient (Wildman–Crippen LogP) is 3.63. The van der Waals surface area contributed by atoms with Gasteiger partial charge in [-0.1, -0.05) is 35.9 Å². The summed E-state index contributed by atoms with van der Waals surface area (Å²) in [6, 6.07) is 14.5. The second kappa shape index (κ2) is 7.06. The van der Waals surface area contributed by atoms with Crippen LogP contribution in [0.3, 0.4) is 0 Å². The van der Waals surface area contributed by atoms with E-state index in [4.69, 9.17) is 11.6 Å². The molecule has 0 spiro atoms. The maximum absolute atomic E-state index is 12.8. The molecule has 0 radical (unpaired) electrons. The average Bonchev–Trinajstić information content (AvgIpc) is 3.07. The Balaban J connectivity index is 1.65. The first-order chi connectivity index (χ1) is 11.6. The van der Waals surface area contributed by atoms with Crippen molar-refractivity contribution in [2.75, 3.05) is 0 Å². The Bertz CT molecular complexity index is 872. The van der Waals surface area contributed by atoms with E-state index in [1.807, 2.05) is 12.1 Å². The van der Waals surface area contributed by atoms with Crippen molar-refractivity contribution in [3.63, 3.8) is 0 Å². The summed E-state index contributed by atoms with van der Waals surface area (Å²) in [5, 5.41) is 11.2. The third kappa shape index (κ3) is 3.85. The monoisotopic (exact) mass is 342 g/mol. The van der Waals surface area contributed by atoms with E-state index >= 15 is 0 Å². The summed E-state index contributed by atoms with van der Waals surface area (Å²) in [6.45, 7) is 0. The van der Waals surface area contributed by atoms with Crippen molar-refractivity contribution < 1.29 is 9.18 Å². The fourth-order valence-corrected chi connectivity index (χ4v) is 2.11. The molecule has 1 amide bonds. The molecule has 0 unspecified atom stereocenters. The van der Waals surface area contributed by atoms with Gasteiger partial charge in [-0.25, -0.2) is 9.82 Å². The van der Waals surface area contributed by atoms with Crippen molar-refractivity contribution in [3.8, 4) is 11.3 Å². The number of aromatic amines is 1. The van der Waals surface area contributed by atoms with E-state index in [0.717, 1.165) is 5.56 Å². The van der Waals surface area contributed by atoms with Crippen molar-refractivity contribution in [2.24, 2.45) is 5.10 Å². The number of carbonyl (C=O) groups is 1. The maximum Gasteiger partial charge on any atom is 0.289 e. The second-order valence-corrected chi connectivity index (χ2v) is 5.36. The van der Waals surface area contributed by atoms with Gasteiger partial charge in [-0.15, -0.1) is 0 Å². The van der Waals surface area contributed by atoms with Crippen LogP contribution in [0.15, 0.2) is 59.7 Å². The molecule has 0 aliphatic carbocycles. The smallest absolute Gasteiger partial charge is 0.272 e. The molecule has 1 heterocycles. The van der Waals surface area contributed by atoms with Crippen LogP contribution in [-0.4, -0.2) is 22.3 Å². The molecular weight excluding hydrogens is 331 g/mol. The molecule has 1 aromatic heterocycles. The van der Waals surface area contributed by atoms with E-state index in [1.165, 1.54) is 18.3 Å². The SMILES string of the molecule is O=C(N/N=C\c1ccc(F)cc1)c1cc(-c2ccc(Cl)cc2)n[nH]1. The first-order valence-corrected chi connectivity index (χ1v) is 7.40. The van der Waals surface area contributed by atoms with E-state index in [1.54, 1.807) is 30.3 Å². The van der Waals surface area contributed by atoms with Gasteiger partial charge in [-0.3, -0.25) is 9.89 Å². The largest absolute Gasteiger partial charge is 0.289 e. The zero-order valence-electron chi connectivity index (χ0n) is 12.3. The van der Waals surface area contributed by atoms with Gasteiger partial charge < -0.3 is 0 Å². The number of hydrazone groups is 1. The number of hydrogen-bond acceptors (Lipinski definition) is 3. The lowest BCUT2D eigenvalue weighted by Gasteiger charge is -1.96. The number of rotatable bonds is 4. The van der Waals surface area contributed by atoms with E-state index in [9.17, 15) is 9.18 Å². The fourth-order valence-electron chi connectivity index (χ4n) is 1.98. The summed E-state index contributed by atoms with van der Waals surface area (Å²) in [6.07, 6.45) is 1.42. The molecule has 0 bridgehead atoms. The highest BCUT2D eigenvalue weighted by Gasteiger charge is 2.10. The molecule has 0 atom stereocenters. The molecule has 0 fully saturated rings. The maximum atomic E-state index is 12.8. The van der Waals surface area contributed by atoms with Crippen LogP contribution in [0.4, 0.5) is 4.39 Å². The molecule has 7 heteroatoms. The highest BCUT2D eigenvalue weighted by atomic mass is 35.5. The van der Waals surface area contributed by atoms with E-state index in [0.29, 0.717) is 16.3 Å². The van der Waals surface area contributed by atoms with E-state index < -0.39 is 5.91 Å². The molecule has 2 aromatic carbocycles. The van der Waals surface area contributed by atoms with E-state index in [-0.39, 0.29) is 11.5 Å². The molecule has 0 saturated carbocycles. The number of carbonyl (C=O) groups excluding carboxylic acids is 1. The number of nitrogens with zero attached hydrogens (tertiary/aromatic N) is 2. The molecule has 0 aliphatic heterocycles. The summed E-state index contributed by atoms with van der Waals surface area (Å²) < 4.78 is 12.8. The molecule has 5 nitrogen and oxygen atoms in total. The highest BCUT2D eigenvalue weighted by molar-refractivity contribution is 6.30. The van der Waals surface area contributed by atoms with Crippen molar-refractivity contribution in [1.29, 1.82) is 0 Å². The van der Waals surface area contributed by atoms with Gasteiger partial charge in [0.25, 0.3) is 5.91 Å². The number of hydrogen-bond donors (Lipinski definition) is 2. The minimum absolute atomic E-state index is 0.274. The zero-order valence-corrected chi connectivity index (χ0v) is 13.1. The molecule has 3 aromatic rings. The first-order valence-electron chi connectivity index (χ1n) is 7.02. The number of H-pyrrole nitrogens is 1. The van der Waals surface area contributed by atoms with Gasteiger partial charge in [-0.2, -0.15) is 10.2 Å². The lowest BCUT2D eigenvalue weighted by atomic mass is 10.1. The molecule has 2 N–H and O–H groups in total. The predicted molar refractivity (Wildman–Crippen MR) is 90.5 cm³/mol. The molecular formula is C17H12ClFN4O. The molecule has 120 valence electrons. The topological polar surface area (TPSA) is 70.1 Å². The Hall–Kier alpha value is -2.99. The molecule has 24 heavy (non-hydrogen) atoms. The van der Waals surface area contributed by atoms with Gasteiger partial charge in [0.2, 0.25) is 0 Å². The number of benzene rings is 2. The van der Waals surface area contributed by atoms with E-state index in [2.05, 4.69) is 20.7 Å². The highest BCUT2D eigenvalue weighted by Crippen LogP contribution is 2.20. The second-order valence-electron chi connectivity index (χ2n) is 4.92. The summed E-state index contributed by atoms with van der Waals surface area (Å²) in [5.74, 6) is -0.760. The fraction of sp³-hybridized carbons (Fsp3) is 0. The van der Waals surface area contributed by atoms with Gasteiger partial charge in [-0.05, 0) is 35.9 Å². The summed E-state index contributed by atoms with van der Waals surface area (Å²) >= 11 is 5.84. The van der Waals surface area contributed by atoms with Crippen molar-refractivity contribution in [1.82, 2.24) is 15.6 Å². The number of amides is 1. The summed E-state index contributed by atoms with van der Waals surface area (Å²) in [5.41, 5.74) is 4.79. The van der Waals surface area contributed by atoms with Crippen molar-refractivity contribution in [2.45, 2.75) is 0 Å². The Morgan fingerprint density at radius 2 is 1.88 bits per heavy atom. The summed E-state index contributed by atoms with van der Waals surface area (Å²) in [4.78, 5) is 12.0. The minimum Gasteiger partial charge on any atom is -0.272 e. The van der Waals surface area contributed by atoms with Gasteiger partial charge in [0.15, 0.2) is 0 Å². The third-order valence-corrected chi connectivity index (χ3v) is 3.46. The van der Waals surface area contributed by atoms with Crippen molar-refractivity contribution >= 4 is 23.7 Å². The van der Waals surface area contributed by atoms with Crippen LogP contribution in [0.5, 0.6) is 0 Å². The summed E-state index contributed by atoms with van der Waals surface area (Å²) in [7, 11) is 0. The van der Waals surface area contributed by atoms with Crippen LogP contribution in [0.25, 0.3) is 11.3 Å². The van der Waals surface area contributed by atoms with Crippen LogP contribution in [0, 0.1) is 5.82 Å². The number of nitrogens with one attached hydrogen (secondary N) is 2. The van der Waals surface area contributed by atoms with Gasteiger partial charge in [0.05, 0.1) is 11.9 Å². The lowest BCUT2D eigenvalue weighted by Crippen LogP contribution is -2.17.